The first kappa shape index (κ1) is 13.6. The van der Waals surface area contributed by atoms with Gasteiger partial charge in [0.15, 0.2) is 0 Å². The molecule has 1 rings (SSSR count). The van der Waals surface area contributed by atoms with Crippen molar-refractivity contribution in [3.05, 3.63) is 22.4 Å². The Morgan fingerprint density at radius 3 is 2.50 bits per heavy atom. The van der Waals surface area contributed by atoms with E-state index in [0.29, 0.717) is 12.6 Å². The van der Waals surface area contributed by atoms with Gasteiger partial charge in [-0.3, -0.25) is 4.90 Å². The van der Waals surface area contributed by atoms with Crippen molar-refractivity contribution < 1.29 is 5.11 Å². The van der Waals surface area contributed by atoms with Crippen LogP contribution in [0.5, 0.6) is 0 Å². The van der Waals surface area contributed by atoms with Crippen LogP contribution in [0.3, 0.4) is 0 Å². The first-order chi connectivity index (χ1) is 7.57. The van der Waals surface area contributed by atoms with Crippen LogP contribution in [0.1, 0.15) is 31.7 Å². The van der Waals surface area contributed by atoms with Gasteiger partial charge in [0.05, 0.1) is 12.6 Å². The monoisotopic (exact) mass is 242 g/mol. The highest BCUT2D eigenvalue weighted by Gasteiger charge is 2.26. The smallest absolute Gasteiger partial charge is 0.0593 e. The van der Waals surface area contributed by atoms with E-state index in [1.807, 2.05) is 13.0 Å². The second-order valence-electron chi connectivity index (χ2n) is 4.37. The predicted octanol–water partition coefficient (Wildman–Crippen LogP) is 1.84. The summed E-state index contributed by atoms with van der Waals surface area (Å²) >= 11 is 1.73. The van der Waals surface area contributed by atoms with Crippen LogP contribution in [0.2, 0.25) is 0 Å². The van der Waals surface area contributed by atoms with Gasteiger partial charge in [0.1, 0.15) is 0 Å². The molecule has 16 heavy (non-hydrogen) atoms. The molecule has 0 radical (unpaired) electrons. The lowest BCUT2D eigenvalue weighted by molar-refractivity contribution is 0.107. The standard InChI is InChI=1S/C12H22N2OS/c1-9(2)14(6-7-15)12(10(3)13)11-5-4-8-16-11/h4-5,8-10,12,15H,6-7,13H2,1-3H3. The Kier molecular flexibility index (Phi) is 5.41. The molecule has 4 heteroatoms. The molecule has 1 aromatic rings. The molecule has 0 bridgehead atoms. The highest BCUT2D eigenvalue weighted by molar-refractivity contribution is 7.10. The number of nitrogens with zero attached hydrogens (tertiary/aromatic N) is 1. The zero-order valence-electron chi connectivity index (χ0n) is 10.3. The number of nitrogens with two attached hydrogens (primary N) is 1. The van der Waals surface area contributed by atoms with E-state index in [2.05, 4.69) is 30.2 Å². The molecule has 2 unspecified atom stereocenters. The lowest BCUT2D eigenvalue weighted by Gasteiger charge is -2.36. The Bertz CT molecular complexity index is 285. The quantitative estimate of drug-likeness (QED) is 0.800. The second kappa shape index (κ2) is 6.35. The predicted molar refractivity (Wildman–Crippen MR) is 69.6 cm³/mol. The number of thiophene rings is 1. The molecule has 1 heterocycles. The molecule has 0 aliphatic heterocycles. The molecule has 3 N–H and O–H groups in total. The minimum absolute atomic E-state index is 0.0626. The third kappa shape index (κ3) is 3.28. The summed E-state index contributed by atoms with van der Waals surface area (Å²) in [5, 5.41) is 11.2. The topological polar surface area (TPSA) is 49.5 Å². The molecule has 3 nitrogen and oxygen atoms in total. The van der Waals surface area contributed by atoms with Crippen LogP contribution < -0.4 is 5.73 Å². The Labute approximate surface area is 102 Å². The Balaban J connectivity index is 2.90. The minimum Gasteiger partial charge on any atom is -0.395 e. The normalized spacial score (nSPS) is 15.7. The molecule has 0 spiro atoms. The molecule has 0 aliphatic rings. The molecule has 0 saturated heterocycles. The number of rotatable bonds is 6. The van der Waals surface area contributed by atoms with Crippen molar-refractivity contribution in [1.82, 2.24) is 4.90 Å². The number of hydrogen-bond acceptors (Lipinski definition) is 4. The van der Waals surface area contributed by atoms with Crippen LogP contribution in [-0.2, 0) is 0 Å². The summed E-state index contributed by atoms with van der Waals surface area (Å²) in [7, 11) is 0. The average Bonchev–Trinajstić information content (AvgIpc) is 2.69. The van der Waals surface area contributed by atoms with Gasteiger partial charge in [-0.15, -0.1) is 11.3 Å². The third-order valence-corrected chi connectivity index (χ3v) is 3.65. The summed E-state index contributed by atoms with van der Waals surface area (Å²) in [5.74, 6) is 0. The summed E-state index contributed by atoms with van der Waals surface area (Å²) in [6.07, 6.45) is 0. The van der Waals surface area contributed by atoms with Crippen molar-refractivity contribution in [3.63, 3.8) is 0 Å². The highest BCUT2D eigenvalue weighted by atomic mass is 32.1. The summed E-state index contributed by atoms with van der Waals surface area (Å²) < 4.78 is 0. The maximum atomic E-state index is 9.13. The molecular formula is C12H22N2OS. The maximum absolute atomic E-state index is 9.13. The van der Waals surface area contributed by atoms with Gasteiger partial charge < -0.3 is 10.8 Å². The number of aliphatic hydroxyl groups excluding tert-OH is 1. The Morgan fingerprint density at radius 2 is 2.12 bits per heavy atom. The fourth-order valence-corrected chi connectivity index (χ4v) is 2.98. The molecule has 0 fully saturated rings. The van der Waals surface area contributed by atoms with Gasteiger partial charge in [0, 0.05) is 23.5 Å². The van der Waals surface area contributed by atoms with E-state index in [0.717, 1.165) is 0 Å². The van der Waals surface area contributed by atoms with Gasteiger partial charge in [-0.05, 0) is 32.2 Å². The van der Waals surface area contributed by atoms with E-state index in [1.165, 1.54) is 4.88 Å². The van der Waals surface area contributed by atoms with Crippen molar-refractivity contribution in [1.29, 1.82) is 0 Å². The van der Waals surface area contributed by atoms with Crippen LogP contribution in [0.15, 0.2) is 17.5 Å². The Morgan fingerprint density at radius 1 is 1.44 bits per heavy atom. The van der Waals surface area contributed by atoms with Gasteiger partial charge >= 0.3 is 0 Å². The minimum atomic E-state index is 0.0626. The van der Waals surface area contributed by atoms with Gasteiger partial charge in [0.2, 0.25) is 0 Å². The largest absolute Gasteiger partial charge is 0.395 e. The van der Waals surface area contributed by atoms with Crippen LogP contribution >= 0.6 is 11.3 Å². The molecule has 0 aromatic carbocycles. The summed E-state index contributed by atoms with van der Waals surface area (Å²) in [6, 6.07) is 4.81. The van der Waals surface area contributed by atoms with Gasteiger partial charge in [0.25, 0.3) is 0 Å². The summed E-state index contributed by atoms with van der Waals surface area (Å²) in [5.41, 5.74) is 6.08. The fourth-order valence-electron chi connectivity index (χ4n) is 2.02. The number of hydrogen-bond donors (Lipinski definition) is 2. The van der Waals surface area contributed by atoms with Crippen LogP contribution in [-0.4, -0.2) is 35.2 Å². The van der Waals surface area contributed by atoms with Crippen molar-refractivity contribution in [3.8, 4) is 0 Å². The average molecular weight is 242 g/mol. The number of aliphatic hydroxyl groups is 1. The SMILES string of the molecule is CC(N)C(c1cccs1)N(CCO)C(C)C. The molecule has 0 amide bonds. The van der Waals surface area contributed by atoms with Crippen molar-refractivity contribution in [2.45, 2.75) is 38.9 Å². The second-order valence-corrected chi connectivity index (χ2v) is 5.35. The molecule has 0 aliphatic carbocycles. The maximum Gasteiger partial charge on any atom is 0.0593 e. The third-order valence-electron chi connectivity index (χ3n) is 2.71. The van der Waals surface area contributed by atoms with E-state index in [4.69, 9.17) is 10.8 Å². The van der Waals surface area contributed by atoms with E-state index in [9.17, 15) is 0 Å². The first-order valence-corrected chi connectivity index (χ1v) is 6.61. The highest BCUT2D eigenvalue weighted by Crippen LogP contribution is 2.28. The fraction of sp³-hybridized carbons (Fsp3) is 0.667. The van der Waals surface area contributed by atoms with Crippen molar-refractivity contribution in [2.24, 2.45) is 5.73 Å². The Hall–Kier alpha value is -0.420. The zero-order valence-corrected chi connectivity index (χ0v) is 11.1. The van der Waals surface area contributed by atoms with E-state index < -0.39 is 0 Å². The molecule has 92 valence electrons. The summed E-state index contributed by atoms with van der Waals surface area (Å²) in [6.45, 7) is 7.14. The van der Waals surface area contributed by atoms with Gasteiger partial charge in [-0.2, -0.15) is 0 Å². The van der Waals surface area contributed by atoms with E-state index >= 15 is 0 Å². The lowest BCUT2D eigenvalue weighted by atomic mass is 10.1. The summed E-state index contributed by atoms with van der Waals surface area (Å²) in [4.78, 5) is 3.54. The van der Waals surface area contributed by atoms with Gasteiger partial charge in [-0.25, -0.2) is 0 Å². The zero-order chi connectivity index (χ0) is 12.1. The van der Waals surface area contributed by atoms with Crippen LogP contribution in [0.25, 0.3) is 0 Å². The van der Waals surface area contributed by atoms with Gasteiger partial charge in [-0.1, -0.05) is 6.07 Å². The lowest BCUT2D eigenvalue weighted by Crippen LogP contribution is -2.44. The molecule has 2 atom stereocenters. The molecule has 1 aromatic heterocycles. The van der Waals surface area contributed by atoms with Crippen LogP contribution in [0.4, 0.5) is 0 Å². The van der Waals surface area contributed by atoms with Crippen molar-refractivity contribution in [2.75, 3.05) is 13.2 Å². The van der Waals surface area contributed by atoms with Crippen molar-refractivity contribution >= 4 is 11.3 Å². The molecule has 0 saturated carbocycles. The van der Waals surface area contributed by atoms with E-state index in [1.54, 1.807) is 11.3 Å². The first-order valence-electron chi connectivity index (χ1n) is 5.73. The van der Waals surface area contributed by atoms with Crippen LogP contribution in [0, 0.1) is 0 Å². The van der Waals surface area contributed by atoms with E-state index in [-0.39, 0.29) is 18.7 Å². The molecular weight excluding hydrogens is 220 g/mol.